The summed E-state index contributed by atoms with van der Waals surface area (Å²) in [6.45, 7) is 1.98. The van der Waals surface area contributed by atoms with Gasteiger partial charge in [0.25, 0.3) is 0 Å². The lowest BCUT2D eigenvalue weighted by Gasteiger charge is -2.14. The topological polar surface area (TPSA) is 92.5 Å². The third kappa shape index (κ3) is 3.14. The second-order valence-corrected chi connectivity index (χ2v) is 4.81. The molecule has 0 radical (unpaired) electrons. The zero-order valence-electron chi connectivity index (χ0n) is 11.3. The molecule has 1 aliphatic rings. The Bertz CT molecular complexity index is 553. The average molecular weight is 275 g/mol. The largest absolute Gasteiger partial charge is 0.399 e. The van der Waals surface area contributed by atoms with Crippen molar-refractivity contribution < 1.29 is 14.4 Å². The van der Waals surface area contributed by atoms with Crippen molar-refractivity contribution in [2.24, 2.45) is 0 Å². The number of hydrogen-bond donors (Lipinski definition) is 2. The number of aryl methyl sites for hydroxylation is 1. The summed E-state index contributed by atoms with van der Waals surface area (Å²) < 4.78 is 0. The summed E-state index contributed by atoms with van der Waals surface area (Å²) in [4.78, 5) is 35.8. The third-order valence-electron chi connectivity index (χ3n) is 3.24. The number of nitrogens with zero attached hydrogens (tertiary/aromatic N) is 1. The van der Waals surface area contributed by atoms with E-state index in [4.69, 9.17) is 5.73 Å². The molecule has 0 saturated carbocycles. The van der Waals surface area contributed by atoms with Gasteiger partial charge in [0.05, 0.1) is 0 Å². The molecule has 0 unspecified atom stereocenters. The monoisotopic (exact) mass is 275 g/mol. The number of rotatable bonds is 4. The Hall–Kier alpha value is -2.37. The summed E-state index contributed by atoms with van der Waals surface area (Å²) in [6, 6.07) is 5.20. The van der Waals surface area contributed by atoms with Gasteiger partial charge in [-0.05, 0) is 30.7 Å². The zero-order chi connectivity index (χ0) is 14.7. The highest BCUT2D eigenvalue weighted by Crippen LogP contribution is 2.18. The van der Waals surface area contributed by atoms with Crippen molar-refractivity contribution in [1.29, 1.82) is 0 Å². The Balaban J connectivity index is 1.89. The van der Waals surface area contributed by atoms with Crippen molar-refractivity contribution in [3.63, 3.8) is 0 Å². The van der Waals surface area contributed by atoms with Gasteiger partial charge in [-0.3, -0.25) is 19.3 Å². The molecule has 0 bridgehead atoms. The predicted octanol–water partition coefficient (Wildman–Crippen LogP) is 1.05. The first-order valence-corrected chi connectivity index (χ1v) is 6.46. The van der Waals surface area contributed by atoms with Crippen LogP contribution in [0.2, 0.25) is 0 Å². The highest BCUT2D eigenvalue weighted by atomic mass is 16.2. The van der Waals surface area contributed by atoms with Crippen LogP contribution in [0.4, 0.5) is 11.4 Å². The summed E-state index contributed by atoms with van der Waals surface area (Å²) in [5, 5.41) is 2.75. The van der Waals surface area contributed by atoms with E-state index < -0.39 is 0 Å². The normalized spacial score (nSPS) is 14.8. The Kier molecular flexibility index (Phi) is 4.02. The van der Waals surface area contributed by atoms with Gasteiger partial charge in [0.15, 0.2) is 0 Å². The van der Waals surface area contributed by atoms with Crippen LogP contribution in [-0.4, -0.2) is 29.2 Å². The van der Waals surface area contributed by atoms with Crippen molar-refractivity contribution in [2.75, 3.05) is 17.6 Å². The second kappa shape index (κ2) is 5.73. The number of anilines is 2. The quantitative estimate of drug-likeness (QED) is 0.634. The van der Waals surface area contributed by atoms with Gasteiger partial charge in [0, 0.05) is 37.2 Å². The smallest absolute Gasteiger partial charge is 0.229 e. The number of likely N-dealkylation sites (tertiary alicyclic amines) is 1. The van der Waals surface area contributed by atoms with Crippen molar-refractivity contribution in [3.05, 3.63) is 23.8 Å². The molecular formula is C14H17N3O3. The minimum absolute atomic E-state index is 0.0985. The molecule has 0 aromatic heterocycles. The Morgan fingerprint density at radius 2 is 1.95 bits per heavy atom. The number of benzene rings is 1. The Labute approximate surface area is 116 Å². The number of nitrogens with one attached hydrogen (secondary N) is 1. The fourth-order valence-electron chi connectivity index (χ4n) is 2.13. The molecule has 3 N–H and O–H groups in total. The second-order valence-electron chi connectivity index (χ2n) is 4.81. The lowest BCUT2D eigenvalue weighted by molar-refractivity contribution is -0.138. The van der Waals surface area contributed by atoms with E-state index in [-0.39, 0.29) is 43.5 Å². The molecular weight excluding hydrogens is 258 g/mol. The first kappa shape index (κ1) is 14.0. The van der Waals surface area contributed by atoms with Crippen LogP contribution in [0.25, 0.3) is 0 Å². The number of imide groups is 1. The van der Waals surface area contributed by atoms with Crippen LogP contribution in [0, 0.1) is 6.92 Å². The highest BCUT2D eigenvalue weighted by Gasteiger charge is 2.28. The van der Waals surface area contributed by atoms with Gasteiger partial charge in [0.1, 0.15) is 0 Å². The summed E-state index contributed by atoms with van der Waals surface area (Å²) in [5.74, 6) is -0.636. The SMILES string of the molecule is Cc1cc(N)ccc1NC(=O)CCN1C(=O)CCC1=O. The first-order chi connectivity index (χ1) is 9.47. The number of nitrogens with two attached hydrogens (primary N) is 1. The Morgan fingerprint density at radius 1 is 1.30 bits per heavy atom. The van der Waals surface area contributed by atoms with Crippen LogP contribution < -0.4 is 11.1 Å². The van der Waals surface area contributed by atoms with Crippen LogP contribution >= 0.6 is 0 Å². The zero-order valence-corrected chi connectivity index (χ0v) is 11.3. The molecule has 6 heteroatoms. The maximum absolute atomic E-state index is 11.8. The van der Waals surface area contributed by atoms with Gasteiger partial charge in [-0.15, -0.1) is 0 Å². The summed E-state index contributed by atoms with van der Waals surface area (Å²) in [6.07, 6.45) is 0.594. The van der Waals surface area contributed by atoms with E-state index in [2.05, 4.69) is 5.32 Å². The fraction of sp³-hybridized carbons (Fsp3) is 0.357. The van der Waals surface area contributed by atoms with Crippen molar-refractivity contribution in [1.82, 2.24) is 4.90 Å². The maximum Gasteiger partial charge on any atom is 0.229 e. The number of carbonyl (C=O) groups excluding carboxylic acids is 3. The van der Waals surface area contributed by atoms with Crippen molar-refractivity contribution in [3.8, 4) is 0 Å². The number of carbonyl (C=O) groups is 3. The van der Waals surface area contributed by atoms with Gasteiger partial charge in [-0.25, -0.2) is 0 Å². The highest BCUT2D eigenvalue weighted by molar-refractivity contribution is 6.02. The minimum Gasteiger partial charge on any atom is -0.399 e. The lowest BCUT2D eigenvalue weighted by Crippen LogP contribution is -2.32. The van der Waals surface area contributed by atoms with Crippen LogP contribution in [0.3, 0.4) is 0 Å². The van der Waals surface area contributed by atoms with Gasteiger partial charge in [0.2, 0.25) is 17.7 Å². The number of amides is 3. The standard InChI is InChI=1S/C14H17N3O3/c1-9-8-10(15)2-3-11(9)16-12(18)6-7-17-13(19)4-5-14(17)20/h2-3,8H,4-7,15H2,1H3,(H,16,18). The average Bonchev–Trinajstić information content (AvgIpc) is 2.70. The Morgan fingerprint density at radius 3 is 2.55 bits per heavy atom. The molecule has 3 amide bonds. The molecule has 6 nitrogen and oxygen atoms in total. The van der Waals surface area contributed by atoms with E-state index in [1.807, 2.05) is 6.92 Å². The van der Waals surface area contributed by atoms with Crippen LogP contribution in [-0.2, 0) is 14.4 Å². The minimum atomic E-state index is -0.231. The van der Waals surface area contributed by atoms with Gasteiger partial charge in [-0.1, -0.05) is 0 Å². The third-order valence-corrected chi connectivity index (χ3v) is 3.24. The molecule has 1 aromatic carbocycles. The summed E-state index contributed by atoms with van der Waals surface area (Å²) in [5.41, 5.74) is 7.82. The number of hydrogen-bond acceptors (Lipinski definition) is 4. The molecule has 1 aliphatic heterocycles. The van der Waals surface area contributed by atoms with Gasteiger partial charge >= 0.3 is 0 Å². The van der Waals surface area contributed by atoms with E-state index in [1.54, 1.807) is 18.2 Å². The maximum atomic E-state index is 11.8. The van der Waals surface area contributed by atoms with Crippen molar-refractivity contribution >= 4 is 29.1 Å². The molecule has 20 heavy (non-hydrogen) atoms. The molecule has 2 rings (SSSR count). The lowest BCUT2D eigenvalue weighted by atomic mass is 10.2. The molecule has 1 heterocycles. The summed E-state index contributed by atoms with van der Waals surface area (Å²) in [7, 11) is 0. The molecule has 1 fully saturated rings. The van der Waals surface area contributed by atoms with Gasteiger partial charge in [-0.2, -0.15) is 0 Å². The van der Waals surface area contributed by atoms with E-state index in [1.165, 1.54) is 0 Å². The summed E-state index contributed by atoms with van der Waals surface area (Å²) >= 11 is 0. The van der Waals surface area contributed by atoms with E-state index in [0.29, 0.717) is 11.4 Å². The van der Waals surface area contributed by atoms with Crippen LogP contribution in [0.1, 0.15) is 24.8 Å². The van der Waals surface area contributed by atoms with Crippen LogP contribution in [0.15, 0.2) is 18.2 Å². The molecule has 1 saturated heterocycles. The van der Waals surface area contributed by atoms with E-state index >= 15 is 0 Å². The predicted molar refractivity (Wildman–Crippen MR) is 74.8 cm³/mol. The van der Waals surface area contributed by atoms with E-state index in [9.17, 15) is 14.4 Å². The van der Waals surface area contributed by atoms with E-state index in [0.717, 1.165) is 10.5 Å². The molecule has 1 aromatic rings. The fourth-order valence-corrected chi connectivity index (χ4v) is 2.13. The molecule has 0 aliphatic carbocycles. The molecule has 0 spiro atoms. The molecule has 106 valence electrons. The molecule has 0 atom stereocenters. The van der Waals surface area contributed by atoms with Crippen molar-refractivity contribution in [2.45, 2.75) is 26.2 Å². The number of nitrogen functional groups attached to an aromatic ring is 1. The van der Waals surface area contributed by atoms with Crippen LogP contribution in [0.5, 0.6) is 0 Å². The first-order valence-electron chi connectivity index (χ1n) is 6.46. The van der Waals surface area contributed by atoms with Gasteiger partial charge < -0.3 is 11.1 Å².